The van der Waals surface area contributed by atoms with Gasteiger partial charge in [-0.15, -0.1) is 0 Å². The third kappa shape index (κ3) is 4.86. The zero-order valence-electron chi connectivity index (χ0n) is 14.5. The number of aromatic nitrogens is 2. The van der Waals surface area contributed by atoms with Gasteiger partial charge >= 0.3 is 5.97 Å². The Morgan fingerprint density at radius 3 is 2.50 bits per heavy atom. The molecular weight excluding hydrogens is 332 g/mol. The van der Waals surface area contributed by atoms with Crippen LogP contribution in [0, 0.1) is 0 Å². The maximum absolute atomic E-state index is 12.3. The lowest BCUT2D eigenvalue weighted by molar-refractivity contribution is 0.0689. The predicted molar refractivity (Wildman–Crippen MR) is 96.1 cm³/mol. The van der Waals surface area contributed by atoms with Crippen molar-refractivity contribution in [2.45, 2.75) is 25.3 Å². The molecule has 0 aromatic carbocycles. The second-order valence-electron chi connectivity index (χ2n) is 6.43. The van der Waals surface area contributed by atoms with Gasteiger partial charge in [0.1, 0.15) is 5.69 Å². The summed E-state index contributed by atoms with van der Waals surface area (Å²) in [6.45, 7) is 2.91. The van der Waals surface area contributed by atoms with Crippen LogP contribution in [0.25, 0.3) is 0 Å². The Morgan fingerprint density at radius 2 is 1.88 bits per heavy atom. The average molecular weight is 354 g/mol. The summed E-state index contributed by atoms with van der Waals surface area (Å²) in [5, 5.41) is 11.9. The molecule has 3 rings (SSSR count). The summed E-state index contributed by atoms with van der Waals surface area (Å²) in [6.07, 6.45) is 7.75. The molecule has 2 aromatic rings. The van der Waals surface area contributed by atoms with Crippen LogP contribution in [0.1, 0.15) is 39.3 Å². The molecule has 1 fully saturated rings. The molecule has 0 radical (unpaired) electrons. The van der Waals surface area contributed by atoms with E-state index in [1.165, 1.54) is 23.9 Å². The van der Waals surface area contributed by atoms with E-state index in [1.807, 2.05) is 24.5 Å². The van der Waals surface area contributed by atoms with Crippen molar-refractivity contribution in [3.05, 3.63) is 59.7 Å². The summed E-state index contributed by atoms with van der Waals surface area (Å²) in [5.74, 6) is -1.30. The number of carbonyl (C=O) groups is 2. The van der Waals surface area contributed by atoms with E-state index in [0.717, 1.165) is 38.9 Å². The van der Waals surface area contributed by atoms with Gasteiger partial charge in [-0.2, -0.15) is 0 Å². The Morgan fingerprint density at radius 1 is 1.15 bits per heavy atom. The van der Waals surface area contributed by atoms with Crippen molar-refractivity contribution >= 4 is 11.9 Å². The first-order chi connectivity index (χ1) is 12.6. The second-order valence-corrected chi connectivity index (χ2v) is 6.43. The highest BCUT2D eigenvalue weighted by molar-refractivity contribution is 5.95. The Kier molecular flexibility index (Phi) is 5.91. The fourth-order valence-corrected chi connectivity index (χ4v) is 3.06. The lowest BCUT2D eigenvalue weighted by Gasteiger charge is -2.32. The third-order valence-electron chi connectivity index (χ3n) is 4.63. The predicted octanol–water partition coefficient (Wildman–Crippen LogP) is 1.61. The minimum atomic E-state index is -1.10. The van der Waals surface area contributed by atoms with Crippen LogP contribution in [0.4, 0.5) is 0 Å². The van der Waals surface area contributed by atoms with Crippen LogP contribution < -0.4 is 5.32 Å². The van der Waals surface area contributed by atoms with Crippen LogP contribution in [0.2, 0.25) is 0 Å². The molecule has 26 heavy (non-hydrogen) atoms. The first-order valence-electron chi connectivity index (χ1n) is 8.73. The number of likely N-dealkylation sites (tertiary alicyclic amines) is 1. The lowest BCUT2D eigenvalue weighted by Crippen LogP contribution is -2.45. The van der Waals surface area contributed by atoms with Gasteiger partial charge in [0, 0.05) is 44.3 Å². The molecule has 1 saturated heterocycles. The Bertz CT molecular complexity index is 741. The molecular formula is C19H22N4O3. The molecule has 1 aliphatic rings. The fraction of sp³-hybridized carbons (Fsp3) is 0.368. The minimum Gasteiger partial charge on any atom is -0.477 e. The Hall–Kier alpha value is -2.80. The van der Waals surface area contributed by atoms with Crippen LogP contribution in [-0.2, 0) is 6.42 Å². The van der Waals surface area contributed by atoms with Crippen molar-refractivity contribution < 1.29 is 14.7 Å². The summed E-state index contributed by atoms with van der Waals surface area (Å²) >= 11 is 0. The van der Waals surface area contributed by atoms with Gasteiger partial charge in [-0.1, -0.05) is 0 Å². The molecule has 7 heteroatoms. The number of carboxylic acid groups (broad SMARTS) is 1. The normalized spacial score (nSPS) is 15.5. The minimum absolute atomic E-state index is 0.0657. The molecule has 7 nitrogen and oxygen atoms in total. The zero-order chi connectivity index (χ0) is 18.4. The molecule has 0 aliphatic carbocycles. The van der Waals surface area contributed by atoms with E-state index in [9.17, 15) is 9.59 Å². The lowest BCUT2D eigenvalue weighted by atomic mass is 10.0. The summed E-state index contributed by atoms with van der Waals surface area (Å²) in [7, 11) is 0. The summed E-state index contributed by atoms with van der Waals surface area (Å²) in [6, 6.07) is 7.06. The van der Waals surface area contributed by atoms with Gasteiger partial charge in [0.2, 0.25) is 0 Å². The number of pyridine rings is 2. The van der Waals surface area contributed by atoms with E-state index in [0.29, 0.717) is 5.56 Å². The SMILES string of the molecule is O=C(NC1CCN(CCc2ccncc2)CC1)c1ccc(C(=O)O)nc1. The molecule has 0 unspecified atom stereocenters. The Labute approximate surface area is 152 Å². The molecule has 0 saturated carbocycles. The van der Waals surface area contributed by atoms with Crippen LogP contribution >= 0.6 is 0 Å². The van der Waals surface area contributed by atoms with Crippen molar-refractivity contribution in [3.8, 4) is 0 Å². The molecule has 2 aromatic heterocycles. The number of aromatic carboxylic acids is 1. The maximum Gasteiger partial charge on any atom is 0.354 e. The number of hydrogen-bond acceptors (Lipinski definition) is 5. The quantitative estimate of drug-likeness (QED) is 0.818. The summed E-state index contributed by atoms with van der Waals surface area (Å²) in [5.41, 5.74) is 1.60. The van der Waals surface area contributed by atoms with E-state index in [2.05, 4.69) is 20.2 Å². The standard InChI is InChI=1S/C19H22N4O3/c24-18(15-1-2-17(19(25)26)21-13-15)22-16-6-11-23(12-7-16)10-5-14-3-8-20-9-4-14/h1-4,8-9,13,16H,5-7,10-12H2,(H,22,24)(H,25,26). The van der Waals surface area contributed by atoms with Crippen molar-refractivity contribution in [3.63, 3.8) is 0 Å². The summed E-state index contributed by atoms with van der Waals surface area (Å²) in [4.78, 5) is 33.3. The van der Waals surface area contributed by atoms with E-state index < -0.39 is 5.97 Å². The van der Waals surface area contributed by atoms with E-state index >= 15 is 0 Å². The van der Waals surface area contributed by atoms with Gasteiger partial charge in [-0.3, -0.25) is 9.78 Å². The highest BCUT2D eigenvalue weighted by Gasteiger charge is 2.21. The largest absolute Gasteiger partial charge is 0.477 e. The fourth-order valence-electron chi connectivity index (χ4n) is 3.06. The topological polar surface area (TPSA) is 95.4 Å². The number of rotatable bonds is 6. The number of nitrogens with one attached hydrogen (secondary N) is 1. The number of hydrogen-bond donors (Lipinski definition) is 2. The van der Waals surface area contributed by atoms with Gasteiger partial charge in [0.05, 0.1) is 5.56 Å². The highest BCUT2D eigenvalue weighted by Crippen LogP contribution is 2.12. The second kappa shape index (κ2) is 8.53. The molecule has 0 bridgehead atoms. The van der Waals surface area contributed by atoms with Gasteiger partial charge < -0.3 is 15.3 Å². The molecule has 0 spiro atoms. The molecule has 1 amide bonds. The average Bonchev–Trinajstić information content (AvgIpc) is 2.68. The van der Waals surface area contributed by atoms with Crippen molar-refractivity contribution in [2.75, 3.05) is 19.6 Å². The first-order valence-corrected chi connectivity index (χ1v) is 8.73. The van der Waals surface area contributed by atoms with Crippen molar-refractivity contribution in [2.24, 2.45) is 0 Å². The molecule has 1 aliphatic heterocycles. The molecule has 2 N–H and O–H groups in total. The smallest absolute Gasteiger partial charge is 0.354 e. The van der Waals surface area contributed by atoms with Crippen molar-refractivity contribution in [1.29, 1.82) is 0 Å². The van der Waals surface area contributed by atoms with Crippen molar-refractivity contribution in [1.82, 2.24) is 20.2 Å². The number of piperidine rings is 1. The van der Waals surface area contributed by atoms with Gasteiger partial charge in [-0.05, 0) is 49.1 Å². The first kappa shape index (κ1) is 18.0. The number of carboxylic acids is 1. The van der Waals surface area contributed by atoms with Crippen LogP contribution in [0.15, 0.2) is 42.9 Å². The van der Waals surface area contributed by atoms with Gasteiger partial charge in [-0.25, -0.2) is 9.78 Å². The maximum atomic E-state index is 12.3. The highest BCUT2D eigenvalue weighted by atomic mass is 16.4. The number of nitrogens with zero attached hydrogens (tertiary/aromatic N) is 3. The Balaban J connectivity index is 1.43. The number of amides is 1. The van der Waals surface area contributed by atoms with E-state index in [4.69, 9.17) is 5.11 Å². The number of carbonyl (C=O) groups excluding carboxylic acids is 1. The van der Waals surface area contributed by atoms with Crippen LogP contribution in [0.3, 0.4) is 0 Å². The van der Waals surface area contributed by atoms with Gasteiger partial charge in [0.15, 0.2) is 0 Å². The van der Waals surface area contributed by atoms with E-state index in [1.54, 1.807) is 0 Å². The molecule has 0 atom stereocenters. The van der Waals surface area contributed by atoms with Crippen LogP contribution in [0.5, 0.6) is 0 Å². The van der Waals surface area contributed by atoms with Crippen LogP contribution in [-0.4, -0.2) is 57.5 Å². The molecule has 3 heterocycles. The summed E-state index contributed by atoms with van der Waals surface area (Å²) < 4.78 is 0. The zero-order valence-corrected chi connectivity index (χ0v) is 14.5. The molecule has 136 valence electrons. The third-order valence-corrected chi connectivity index (χ3v) is 4.63. The van der Waals surface area contributed by atoms with Gasteiger partial charge in [0.25, 0.3) is 5.91 Å². The monoisotopic (exact) mass is 354 g/mol. The van der Waals surface area contributed by atoms with E-state index in [-0.39, 0.29) is 17.6 Å².